The lowest BCUT2D eigenvalue weighted by molar-refractivity contribution is 0.282. The summed E-state index contributed by atoms with van der Waals surface area (Å²) in [5, 5.41) is 10.9. The monoisotopic (exact) mass is 302 g/mol. The van der Waals surface area contributed by atoms with Crippen LogP contribution in [0.25, 0.3) is 0 Å². The van der Waals surface area contributed by atoms with E-state index in [-0.39, 0.29) is 18.0 Å². The molecule has 0 saturated carbocycles. The molecule has 8 heteroatoms. The van der Waals surface area contributed by atoms with Gasteiger partial charge < -0.3 is 9.52 Å². The fourth-order valence-corrected chi connectivity index (χ4v) is 4.30. The number of thiophene rings is 1. The molecular weight excluding hydrogens is 288 g/mol. The first kappa shape index (κ1) is 14.2. The highest BCUT2D eigenvalue weighted by atomic mass is 32.2. The molecule has 2 aromatic heterocycles. The normalized spacial score (nSPS) is 11.9. The largest absolute Gasteiger partial charge is 0.445 e. The standard InChI is InChI=1S/C11H14N2O4S2/c1-7-6-18-9(5-14)11(7)19(15,16)13-4-10-12-3-8(2)17-10/h3,6,13-14H,4-5H2,1-2H3. The number of hydrogen-bond acceptors (Lipinski definition) is 6. The Hall–Kier alpha value is -1.22. The van der Waals surface area contributed by atoms with E-state index in [0.717, 1.165) is 0 Å². The maximum atomic E-state index is 12.2. The van der Waals surface area contributed by atoms with E-state index in [4.69, 9.17) is 4.42 Å². The predicted molar refractivity (Wildman–Crippen MR) is 70.2 cm³/mol. The number of aromatic nitrogens is 1. The van der Waals surface area contributed by atoms with Gasteiger partial charge in [0.15, 0.2) is 0 Å². The lowest BCUT2D eigenvalue weighted by atomic mass is 10.3. The number of nitrogens with zero attached hydrogens (tertiary/aromatic N) is 1. The Balaban J connectivity index is 2.20. The Morgan fingerprint density at radius 1 is 1.47 bits per heavy atom. The molecule has 0 unspecified atom stereocenters. The molecule has 0 atom stereocenters. The van der Waals surface area contributed by atoms with Crippen LogP contribution in [0.3, 0.4) is 0 Å². The molecule has 0 aliphatic heterocycles. The van der Waals surface area contributed by atoms with Crippen LogP contribution in [0.1, 0.15) is 22.1 Å². The van der Waals surface area contributed by atoms with Gasteiger partial charge in [-0.2, -0.15) is 0 Å². The minimum absolute atomic E-state index is 0.0175. The Kier molecular flexibility index (Phi) is 4.04. The van der Waals surface area contributed by atoms with Crippen LogP contribution in [0.5, 0.6) is 0 Å². The van der Waals surface area contributed by atoms with E-state index >= 15 is 0 Å². The van der Waals surface area contributed by atoms with Gasteiger partial charge in [0.25, 0.3) is 0 Å². The van der Waals surface area contributed by atoms with Crippen LogP contribution in [0, 0.1) is 13.8 Å². The van der Waals surface area contributed by atoms with Gasteiger partial charge in [0.2, 0.25) is 15.9 Å². The molecule has 0 radical (unpaired) electrons. The van der Waals surface area contributed by atoms with Crippen LogP contribution in [-0.2, 0) is 23.2 Å². The second-order valence-corrected chi connectivity index (χ2v) is 6.69. The molecule has 19 heavy (non-hydrogen) atoms. The van der Waals surface area contributed by atoms with Crippen molar-refractivity contribution in [3.05, 3.63) is 33.7 Å². The number of aryl methyl sites for hydroxylation is 2. The van der Waals surface area contributed by atoms with Crippen molar-refractivity contribution in [2.24, 2.45) is 0 Å². The number of sulfonamides is 1. The van der Waals surface area contributed by atoms with Crippen molar-refractivity contribution < 1.29 is 17.9 Å². The molecule has 0 aliphatic carbocycles. The molecule has 2 aromatic rings. The Bertz CT molecular complexity index is 673. The second kappa shape index (κ2) is 5.41. The van der Waals surface area contributed by atoms with Crippen LogP contribution < -0.4 is 4.72 Å². The number of aliphatic hydroxyl groups is 1. The highest BCUT2D eigenvalue weighted by Crippen LogP contribution is 2.26. The topological polar surface area (TPSA) is 92.4 Å². The smallest absolute Gasteiger partial charge is 0.242 e. The maximum Gasteiger partial charge on any atom is 0.242 e. The van der Waals surface area contributed by atoms with Crippen molar-refractivity contribution >= 4 is 21.4 Å². The third-order valence-corrected chi connectivity index (χ3v) is 5.33. The van der Waals surface area contributed by atoms with Crippen LogP contribution in [-0.4, -0.2) is 18.5 Å². The van der Waals surface area contributed by atoms with Gasteiger partial charge in [-0.05, 0) is 24.8 Å². The number of aliphatic hydroxyl groups excluding tert-OH is 1. The number of nitrogens with one attached hydrogen (secondary N) is 1. The molecule has 2 rings (SSSR count). The van der Waals surface area contributed by atoms with Gasteiger partial charge in [-0.25, -0.2) is 18.1 Å². The minimum atomic E-state index is -3.68. The number of hydrogen-bond donors (Lipinski definition) is 2. The third-order valence-electron chi connectivity index (χ3n) is 2.48. The molecule has 2 heterocycles. The van der Waals surface area contributed by atoms with E-state index in [9.17, 15) is 13.5 Å². The van der Waals surface area contributed by atoms with Crippen molar-refractivity contribution in [2.45, 2.75) is 31.9 Å². The summed E-state index contributed by atoms with van der Waals surface area (Å²) in [6.07, 6.45) is 1.53. The summed E-state index contributed by atoms with van der Waals surface area (Å²) in [6, 6.07) is 0. The second-order valence-electron chi connectivity index (χ2n) is 4.02. The average molecular weight is 302 g/mol. The van der Waals surface area contributed by atoms with E-state index in [1.165, 1.54) is 17.5 Å². The van der Waals surface area contributed by atoms with E-state index in [0.29, 0.717) is 22.1 Å². The summed E-state index contributed by atoms with van der Waals surface area (Å²) < 4.78 is 32.0. The third kappa shape index (κ3) is 3.03. The van der Waals surface area contributed by atoms with Gasteiger partial charge in [0, 0.05) is 0 Å². The first-order chi connectivity index (χ1) is 8.94. The Labute approximate surface area is 115 Å². The zero-order valence-electron chi connectivity index (χ0n) is 10.5. The zero-order chi connectivity index (χ0) is 14.0. The summed E-state index contributed by atoms with van der Waals surface area (Å²) >= 11 is 1.22. The lowest BCUT2D eigenvalue weighted by Gasteiger charge is -2.06. The van der Waals surface area contributed by atoms with E-state index in [1.54, 1.807) is 19.2 Å². The molecule has 0 saturated heterocycles. The summed E-state index contributed by atoms with van der Waals surface area (Å²) in [6.45, 7) is 3.11. The van der Waals surface area contributed by atoms with Crippen LogP contribution in [0.2, 0.25) is 0 Å². The van der Waals surface area contributed by atoms with Gasteiger partial charge in [0.05, 0.1) is 24.2 Å². The van der Waals surface area contributed by atoms with Gasteiger partial charge in [-0.3, -0.25) is 0 Å². The quantitative estimate of drug-likeness (QED) is 0.869. The average Bonchev–Trinajstić information content (AvgIpc) is 2.93. The van der Waals surface area contributed by atoms with Gasteiger partial charge in [0.1, 0.15) is 10.7 Å². The van der Waals surface area contributed by atoms with E-state index < -0.39 is 10.0 Å². The number of rotatable bonds is 5. The summed E-state index contributed by atoms with van der Waals surface area (Å²) in [5.41, 5.74) is 0.616. The van der Waals surface area contributed by atoms with E-state index in [1.807, 2.05) is 0 Å². The molecule has 0 spiro atoms. The van der Waals surface area contributed by atoms with Gasteiger partial charge in [-0.1, -0.05) is 0 Å². The molecule has 0 fully saturated rings. The lowest BCUT2D eigenvalue weighted by Crippen LogP contribution is -2.24. The van der Waals surface area contributed by atoms with E-state index in [2.05, 4.69) is 9.71 Å². The Morgan fingerprint density at radius 3 is 2.79 bits per heavy atom. The molecule has 0 aromatic carbocycles. The molecule has 2 N–H and O–H groups in total. The van der Waals surface area contributed by atoms with Crippen molar-refractivity contribution in [1.29, 1.82) is 0 Å². The van der Waals surface area contributed by atoms with Crippen molar-refractivity contribution in [2.75, 3.05) is 0 Å². The summed E-state index contributed by atoms with van der Waals surface area (Å²) in [5.74, 6) is 0.927. The first-order valence-electron chi connectivity index (χ1n) is 5.53. The van der Waals surface area contributed by atoms with Gasteiger partial charge in [-0.15, -0.1) is 11.3 Å². The zero-order valence-corrected chi connectivity index (χ0v) is 12.1. The fraction of sp³-hybridized carbons (Fsp3) is 0.364. The van der Waals surface area contributed by atoms with Crippen molar-refractivity contribution in [3.63, 3.8) is 0 Å². The molecule has 0 amide bonds. The molecule has 6 nitrogen and oxygen atoms in total. The first-order valence-corrected chi connectivity index (χ1v) is 7.89. The van der Waals surface area contributed by atoms with Crippen LogP contribution in [0.4, 0.5) is 0 Å². The maximum absolute atomic E-state index is 12.2. The SMILES string of the molecule is Cc1cnc(CNS(=O)(=O)c2c(C)csc2CO)o1. The molecule has 0 bridgehead atoms. The summed E-state index contributed by atoms with van der Waals surface area (Å²) in [4.78, 5) is 4.49. The van der Waals surface area contributed by atoms with Crippen LogP contribution >= 0.6 is 11.3 Å². The van der Waals surface area contributed by atoms with Crippen molar-refractivity contribution in [3.8, 4) is 0 Å². The minimum Gasteiger partial charge on any atom is -0.445 e. The number of oxazole rings is 1. The fourth-order valence-electron chi connectivity index (χ4n) is 1.67. The highest BCUT2D eigenvalue weighted by molar-refractivity contribution is 7.89. The molecule has 0 aliphatic rings. The Morgan fingerprint density at radius 2 is 2.21 bits per heavy atom. The highest BCUT2D eigenvalue weighted by Gasteiger charge is 2.22. The van der Waals surface area contributed by atoms with Crippen LogP contribution in [0.15, 0.2) is 20.9 Å². The van der Waals surface area contributed by atoms with Gasteiger partial charge >= 0.3 is 0 Å². The molecule has 104 valence electrons. The van der Waals surface area contributed by atoms with Crippen molar-refractivity contribution in [1.82, 2.24) is 9.71 Å². The molecular formula is C11H14N2O4S2. The summed E-state index contributed by atoms with van der Waals surface area (Å²) in [7, 11) is -3.68. The predicted octanol–water partition coefficient (Wildman–Crippen LogP) is 1.32.